The highest BCUT2D eigenvalue weighted by molar-refractivity contribution is 6.30. The molecule has 0 aliphatic rings. The second-order valence-corrected chi connectivity index (χ2v) is 5.34. The van der Waals surface area contributed by atoms with Crippen molar-refractivity contribution >= 4 is 17.6 Å². The van der Waals surface area contributed by atoms with Crippen molar-refractivity contribution in [1.82, 2.24) is 0 Å². The number of rotatable bonds is 8. The minimum atomic E-state index is -0.252. The lowest BCUT2D eigenvalue weighted by molar-refractivity contribution is -0.139. The van der Waals surface area contributed by atoms with Gasteiger partial charge in [0.15, 0.2) is 0 Å². The van der Waals surface area contributed by atoms with Crippen LogP contribution in [0.4, 0.5) is 0 Å². The number of hydrogen-bond donors (Lipinski definition) is 0. The predicted molar refractivity (Wildman–Crippen MR) is 89.2 cm³/mol. The summed E-state index contributed by atoms with van der Waals surface area (Å²) in [5.41, 5.74) is 0.898. The van der Waals surface area contributed by atoms with Crippen LogP contribution in [0.1, 0.15) is 12.0 Å². The Balaban J connectivity index is 1.66. The third kappa shape index (κ3) is 6.20. The minimum absolute atomic E-state index is 0.252. The molecule has 0 bridgehead atoms. The molecular weight excluding hydrogens is 316 g/mol. The Morgan fingerprint density at radius 1 is 0.913 bits per heavy atom. The van der Waals surface area contributed by atoms with Gasteiger partial charge < -0.3 is 14.2 Å². The van der Waals surface area contributed by atoms with Gasteiger partial charge in [0.2, 0.25) is 0 Å². The molecule has 0 amide bonds. The number of benzene rings is 2. The smallest absolute Gasteiger partial charge is 0.309 e. The lowest BCUT2D eigenvalue weighted by Crippen LogP contribution is -2.06. The molecule has 2 aromatic carbocycles. The van der Waals surface area contributed by atoms with Crippen LogP contribution in [0.25, 0.3) is 0 Å². The lowest BCUT2D eigenvalue weighted by Gasteiger charge is -2.08. The van der Waals surface area contributed by atoms with Gasteiger partial charge in [-0.15, -0.1) is 0 Å². The highest BCUT2D eigenvalue weighted by atomic mass is 35.5. The van der Waals surface area contributed by atoms with Crippen LogP contribution in [0.15, 0.2) is 48.5 Å². The summed E-state index contributed by atoms with van der Waals surface area (Å²) in [6, 6.07) is 14.7. The largest absolute Gasteiger partial charge is 0.493 e. The number of carbonyl (C=O) groups excluding carboxylic acids is 1. The van der Waals surface area contributed by atoms with E-state index in [0.29, 0.717) is 18.2 Å². The van der Waals surface area contributed by atoms with E-state index in [4.69, 9.17) is 21.1 Å². The predicted octanol–water partition coefficient (Wildman–Crippen LogP) is 3.90. The van der Waals surface area contributed by atoms with Gasteiger partial charge >= 0.3 is 5.97 Å². The molecule has 0 spiro atoms. The molecule has 0 unspecified atom stereocenters. The van der Waals surface area contributed by atoms with Crippen LogP contribution < -0.4 is 9.47 Å². The number of carbonyl (C=O) groups is 1. The fraction of sp³-hybridized carbons (Fsp3) is 0.278. The van der Waals surface area contributed by atoms with Crippen LogP contribution in [-0.2, 0) is 16.0 Å². The van der Waals surface area contributed by atoms with E-state index in [1.807, 2.05) is 36.4 Å². The van der Waals surface area contributed by atoms with Crippen molar-refractivity contribution < 1.29 is 19.0 Å². The molecular formula is C18H19ClO4. The van der Waals surface area contributed by atoms with E-state index in [1.165, 1.54) is 7.11 Å². The Morgan fingerprint density at radius 3 is 1.96 bits per heavy atom. The molecule has 23 heavy (non-hydrogen) atoms. The Bertz CT molecular complexity index is 608. The highest BCUT2D eigenvalue weighted by Gasteiger charge is 2.03. The van der Waals surface area contributed by atoms with Crippen molar-refractivity contribution in [2.45, 2.75) is 12.8 Å². The van der Waals surface area contributed by atoms with Gasteiger partial charge in [0.25, 0.3) is 0 Å². The molecule has 0 saturated heterocycles. The summed E-state index contributed by atoms with van der Waals surface area (Å²) < 4.78 is 15.8. The van der Waals surface area contributed by atoms with Crippen LogP contribution in [0.2, 0.25) is 5.02 Å². The molecule has 2 aromatic rings. The lowest BCUT2D eigenvalue weighted by atomic mass is 10.1. The number of hydrogen-bond acceptors (Lipinski definition) is 4. The fourth-order valence-corrected chi connectivity index (χ4v) is 2.04. The van der Waals surface area contributed by atoms with Crippen LogP contribution in [0.5, 0.6) is 11.5 Å². The third-order valence-electron chi connectivity index (χ3n) is 3.14. The number of halogens is 1. The van der Waals surface area contributed by atoms with Crippen LogP contribution in [-0.4, -0.2) is 26.3 Å². The summed E-state index contributed by atoms with van der Waals surface area (Å²) in [5.74, 6) is 1.31. The van der Waals surface area contributed by atoms with E-state index in [1.54, 1.807) is 12.1 Å². The SMILES string of the molecule is COC(=O)Cc1ccc(OCCCOc2ccc(Cl)cc2)cc1. The van der Waals surface area contributed by atoms with Gasteiger partial charge in [-0.1, -0.05) is 23.7 Å². The summed E-state index contributed by atoms with van der Waals surface area (Å²) in [6.45, 7) is 1.13. The van der Waals surface area contributed by atoms with Crippen molar-refractivity contribution in [2.75, 3.05) is 20.3 Å². The molecule has 5 heteroatoms. The van der Waals surface area contributed by atoms with E-state index in [-0.39, 0.29) is 12.4 Å². The maximum Gasteiger partial charge on any atom is 0.309 e. The van der Waals surface area contributed by atoms with Gasteiger partial charge in [-0.25, -0.2) is 0 Å². The first-order valence-electron chi connectivity index (χ1n) is 7.34. The maximum absolute atomic E-state index is 11.2. The normalized spacial score (nSPS) is 10.2. The third-order valence-corrected chi connectivity index (χ3v) is 3.39. The first kappa shape index (κ1) is 17.2. The molecule has 0 aliphatic carbocycles. The van der Waals surface area contributed by atoms with Gasteiger partial charge in [0, 0.05) is 11.4 Å². The molecule has 0 N–H and O–H groups in total. The summed E-state index contributed by atoms with van der Waals surface area (Å²) in [4.78, 5) is 11.2. The summed E-state index contributed by atoms with van der Waals surface area (Å²) >= 11 is 5.81. The monoisotopic (exact) mass is 334 g/mol. The molecule has 0 heterocycles. The van der Waals surface area contributed by atoms with Crippen LogP contribution in [0.3, 0.4) is 0 Å². The first-order valence-corrected chi connectivity index (χ1v) is 7.72. The topological polar surface area (TPSA) is 44.8 Å². The summed E-state index contributed by atoms with van der Waals surface area (Å²) in [5, 5.41) is 0.691. The Hall–Kier alpha value is -2.20. The minimum Gasteiger partial charge on any atom is -0.493 e. The molecule has 0 atom stereocenters. The maximum atomic E-state index is 11.2. The van der Waals surface area contributed by atoms with Crippen molar-refractivity contribution in [2.24, 2.45) is 0 Å². The van der Waals surface area contributed by atoms with E-state index >= 15 is 0 Å². The molecule has 0 saturated carbocycles. The van der Waals surface area contributed by atoms with Gasteiger partial charge in [-0.3, -0.25) is 4.79 Å². The summed E-state index contributed by atoms with van der Waals surface area (Å²) in [6.07, 6.45) is 1.04. The Kier molecular flexibility index (Phi) is 6.76. The molecule has 2 rings (SSSR count). The first-order chi connectivity index (χ1) is 11.2. The number of esters is 1. The van der Waals surface area contributed by atoms with Gasteiger partial charge in [-0.05, 0) is 42.0 Å². The highest BCUT2D eigenvalue weighted by Crippen LogP contribution is 2.16. The van der Waals surface area contributed by atoms with E-state index < -0.39 is 0 Å². The molecule has 0 aliphatic heterocycles. The molecule has 0 fully saturated rings. The average Bonchev–Trinajstić information content (AvgIpc) is 2.57. The fourth-order valence-electron chi connectivity index (χ4n) is 1.91. The summed E-state index contributed by atoms with van der Waals surface area (Å²) in [7, 11) is 1.38. The van der Waals surface area contributed by atoms with Crippen molar-refractivity contribution in [3.05, 3.63) is 59.1 Å². The molecule has 4 nitrogen and oxygen atoms in total. The average molecular weight is 335 g/mol. The Labute approximate surface area is 140 Å². The van der Waals surface area contributed by atoms with E-state index in [2.05, 4.69) is 4.74 Å². The zero-order chi connectivity index (χ0) is 16.5. The standard InChI is InChI=1S/C18H19ClO4/c1-21-18(20)13-14-3-7-16(8-4-14)22-11-2-12-23-17-9-5-15(19)6-10-17/h3-10H,2,11-13H2,1H3. The zero-order valence-electron chi connectivity index (χ0n) is 13.0. The van der Waals surface area contributed by atoms with E-state index in [9.17, 15) is 4.79 Å². The second kappa shape index (κ2) is 9.06. The van der Waals surface area contributed by atoms with Gasteiger partial charge in [-0.2, -0.15) is 0 Å². The van der Waals surface area contributed by atoms with Crippen LogP contribution in [0, 0.1) is 0 Å². The van der Waals surface area contributed by atoms with Crippen molar-refractivity contribution in [3.63, 3.8) is 0 Å². The Morgan fingerprint density at radius 2 is 1.43 bits per heavy atom. The zero-order valence-corrected chi connectivity index (χ0v) is 13.7. The number of ether oxygens (including phenoxy) is 3. The van der Waals surface area contributed by atoms with E-state index in [0.717, 1.165) is 23.5 Å². The van der Waals surface area contributed by atoms with Crippen molar-refractivity contribution in [3.8, 4) is 11.5 Å². The van der Waals surface area contributed by atoms with Gasteiger partial charge in [0.05, 0.1) is 26.7 Å². The second-order valence-electron chi connectivity index (χ2n) is 4.90. The van der Waals surface area contributed by atoms with Crippen molar-refractivity contribution in [1.29, 1.82) is 0 Å². The molecule has 0 aromatic heterocycles. The molecule has 122 valence electrons. The molecule has 0 radical (unpaired) electrons. The van der Waals surface area contributed by atoms with Crippen LogP contribution >= 0.6 is 11.6 Å². The number of methoxy groups -OCH3 is 1. The van der Waals surface area contributed by atoms with Gasteiger partial charge in [0.1, 0.15) is 11.5 Å². The quantitative estimate of drug-likeness (QED) is 0.542.